The largest absolute Gasteiger partial charge is 0.480 e. The van der Waals surface area contributed by atoms with E-state index in [1.807, 2.05) is 12.1 Å². The first kappa shape index (κ1) is 22.5. The molecule has 1 aliphatic heterocycles. The molecule has 1 atom stereocenters. The molecule has 5 heteroatoms. The molecule has 1 aromatic rings. The van der Waals surface area contributed by atoms with Gasteiger partial charge < -0.3 is 10.4 Å². The van der Waals surface area contributed by atoms with Crippen LogP contribution < -0.4 is 10.2 Å². The van der Waals surface area contributed by atoms with E-state index in [1.165, 1.54) is 69.1 Å². The highest BCUT2D eigenvalue weighted by Crippen LogP contribution is 2.33. The van der Waals surface area contributed by atoms with Gasteiger partial charge in [-0.3, -0.25) is 9.69 Å². The van der Waals surface area contributed by atoms with Gasteiger partial charge in [0.1, 0.15) is 6.04 Å². The summed E-state index contributed by atoms with van der Waals surface area (Å²) in [5, 5.41) is 13.0. The lowest BCUT2D eigenvalue weighted by Gasteiger charge is -2.30. The molecule has 1 unspecified atom stereocenters. The lowest BCUT2D eigenvalue weighted by molar-refractivity contribution is -0.139. The van der Waals surface area contributed by atoms with Crippen molar-refractivity contribution in [1.82, 2.24) is 5.32 Å². The second-order valence-electron chi connectivity index (χ2n) is 8.98. The zero-order valence-electron chi connectivity index (χ0n) is 18.2. The molecule has 3 aliphatic rings. The van der Waals surface area contributed by atoms with E-state index in [0.717, 1.165) is 17.6 Å². The lowest BCUT2D eigenvalue weighted by Crippen LogP contribution is -2.43. The third-order valence-electron chi connectivity index (χ3n) is 6.53. The molecule has 0 spiro atoms. The number of hydrogen-bond donors (Lipinski definition) is 2. The Hall–Kier alpha value is -2.14. The molecule has 0 aromatic heterocycles. The third kappa shape index (κ3) is 5.72. The van der Waals surface area contributed by atoms with E-state index in [4.69, 9.17) is 5.11 Å². The number of benzene rings is 1. The molecular weight excluding hydrogens is 376 g/mol. The van der Waals surface area contributed by atoms with Gasteiger partial charge in [-0.15, -0.1) is 0 Å². The maximum atomic E-state index is 12.0. The summed E-state index contributed by atoms with van der Waals surface area (Å²) < 4.78 is 0. The number of fused-ring (bicyclic) bond motifs is 1. The van der Waals surface area contributed by atoms with Gasteiger partial charge in [0, 0.05) is 29.8 Å². The first-order valence-corrected chi connectivity index (χ1v) is 11.5. The minimum Gasteiger partial charge on any atom is -0.480 e. The maximum absolute atomic E-state index is 12.0. The van der Waals surface area contributed by atoms with Gasteiger partial charge in [0.15, 0.2) is 0 Å². The van der Waals surface area contributed by atoms with Crippen molar-refractivity contribution < 1.29 is 14.7 Å². The molecule has 1 amide bonds. The first-order valence-electron chi connectivity index (χ1n) is 11.5. The average molecular weight is 413 g/mol. The van der Waals surface area contributed by atoms with Crippen LogP contribution >= 0.6 is 0 Å². The monoisotopic (exact) mass is 412 g/mol. The SMILES string of the molecule is C1CCC(NC2CCCCC2)CC1.C=C(C)C(=O)N1c2ccccc2CC1C(=O)O. The zero-order valence-corrected chi connectivity index (χ0v) is 18.2. The predicted octanol–water partition coefficient (Wildman–Crippen LogP) is 4.85. The highest BCUT2D eigenvalue weighted by atomic mass is 16.4. The summed E-state index contributed by atoms with van der Waals surface area (Å²) in [6, 6.07) is 8.16. The zero-order chi connectivity index (χ0) is 21.5. The summed E-state index contributed by atoms with van der Waals surface area (Å²) in [7, 11) is 0. The lowest BCUT2D eigenvalue weighted by atomic mass is 9.91. The van der Waals surface area contributed by atoms with E-state index < -0.39 is 12.0 Å². The van der Waals surface area contributed by atoms with Gasteiger partial charge in [0.05, 0.1) is 0 Å². The van der Waals surface area contributed by atoms with Crippen LogP contribution in [0.4, 0.5) is 5.69 Å². The van der Waals surface area contributed by atoms with Crippen LogP contribution in [-0.2, 0) is 16.0 Å². The number of carbonyl (C=O) groups excluding carboxylic acids is 1. The van der Waals surface area contributed by atoms with Gasteiger partial charge in [-0.05, 0) is 44.2 Å². The molecule has 5 nitrogen and oxygen atoms in total. The van der Waals surface area contributed by atoms with Crippen LogP contribution in [0.15, 0.2) is 36.4 Å². The number of para-hydroxylation sites is 1. The molecule has 1 heterocycles. The van der Waals surface area contributed by atoms with Crippen molar-refractivity contribution in [3.05, 3.63) is 42.0 Å². The third-order valence-corrected chi connectivity index (χ3v) is 6.53. The van der Waals surface area contributed by atoms with Crippen molar-refractivity contribution in [2.75, 3.05) is 4.90 Å². The van der Waals surface area contributed by atoms with Gasteiger partial charge in [-0.25, -0.2) is 4.79 Å². The average Bonchev–Trinajstić information content (AvgIpc) is 3.15. The minimum absolute atomic E-state index is 0.331. The second-order valence-corrected chi connectivity index (χ2v) is 8.98. The number of carbonyl (C=O) groups is 2. The summed E-state index contributed by atoms with van der Waals surface area (Å²) >= 11 is 0. The van der Waals surface area contributed by atoms with Gasteiger partial charge in [0.25, 0.3) is 5.91 Å². The summed E-state index contributed by atoms with van der Waals surface area (Å²) in [4.78, 5) is 24.5. The molecular formula is C25H36N2O3. The molecule has 0 radical (unpaired) electrons. The number of anilines is 1. The molecule has 164 valence electrons. The number of amides is 1. The molecule has 0 saturated heterocycles. The molecule has 2 N–H and O–H groups in total. The van der Waals surface area contributed by atoms with Gasteiger partial charge in [-0.1, -0.05) is 63.3 Å². The van der Waals surface area contributed by atoms with Crippen molar-refractivity contribution in [2.45, 2.75) is 95.7 Å². The Morgan fingerprint density at radius 1 is 0.967 bits per heavy atom. The van der Waals surface area contributed by atoms with E-state index >= 15 is 0 Å². The maximum Gasteiger partial charge on any atom is 0.327 e. The molecule has 2 aliphatic carbocycles. The van der Waals surface area contributed by atoms with Crippen LogP contribution in [0, 0.1) is 0 Å². The van der Waals surface area contributed by atoms with Crippen molar-refractivity contribution in [3.63, 3.8) is 0 Å². The van der Waals surface area contributed by atoms with Crippen LogP contribution in [-0.4, -0.2) is 35.1 Å². The van der Waals surface area contributed by atoms with Crippen LogP contribution in [0.5, 0.6) is 0 Å². The van der Waals surface area contributed by atoms with Gasteiger partial charge in [0.2, 0.25) is 0 Å². The fourth-order valence-corrected chi connectivity index (χ4v) is 4.91. The smallest absolute Gasteiger partial charge is 0.327 e. The predicted molar refractivity (Wildman–Crippen MR) is 121 cm³/mol. The van der Waals surface area contributed by atoms with Gasteiger partial charge in [-0.2, -0.15) is 0 Å². The van der Waals surface area contributed by atoms with Crippen LogP contribution in [0.1, 0.15) is 76.7 Å². The summed E-state index contributed by atoms with van der Waals surface area (Å²) in [6.07, 6.45) is 14.9. The number of nitrogens with one attached hydrogen (secondary N) is 1. The van der Waals surface area contributed by atoms with Crippen molar-refractivity contribution in [3.8, 4) is 0 Å². The fraction of sp³-hybridized carbons (Fsp3) is 0.600. The Morgan fingerprint density at radius 2 is 1.50 bits per heavy atom. The fourth-order valence-electron chi connectivity index (χ4n) is 4.91. The number of rotatable bonds is 4. The van der Waals surface area contributed by atoms with Crippen LogP contribution in [0.3, 0.4) is 0 Å². The minimum atomic E-state index is -0.990. The summed E-state index contributed by atoms with van der Waals surface area (Å²) in [6.45, 7) is 5.17. The normalized spacial score (nSPS) is 22.0. The van der Waals surface area contributed by atoms with Gasteiger partial charge >= 0.3 is 5.97 Å². The van der Waals surface area contributed by atoms with E-state index in [-0.39, 0.29) is 5.91 Å². The summed E-state index contributed by atoms with van der Waals surface area (Å²) in [5.74, 6) is -1.32. The summed E-state index contributed by atoms with van der Waals surface area (Å²) in [5.41, 5.74) is 1.90. The van der Waals surface area contributed by atoms with E-state index in [0.29, 0.717) is 17.7 Å². The quantitative estimate of drug-likeness (QED) is 0.694. The van der Waals surface area contributed by atoms with E-state index in [2.05, 4.69) is 11.9 Å². The van der Waals surface area contributed by atoms with Crippen molar-refractivity contribution in [2.24, 2.45) is 0 Å². The molecule has 2 saturated carbocycles. The Balaban J connectivity index is 0.000000177. The number of hydrogen-bond acceptors (Lipinski definition) is 3. The van der Waals surface area contributed by atoms with Crippen molar-refractivity contribution in [1.29, 1.82) is 0 Å². The van der Waals surface area contributed by atoms with E-state index in [9.17, 15) is 9.59 Å². The van der Waals surface area contributed by atoms with Crippen molar-refractivity contribution >= 4 is 17.6 Å². The Labute approximate surface area is 180 Å². The molecule has 4 rings (SSSR count). The highest BCUT2D eigenvalue weighted by molar-refractivity contribution is 6.09. The topological polar surface area (TPSA) is 69.6 Å². The van der Waals surface area contributed by atoms with E-state index in [1.54, 1.807) is 19.1 Å². The van der Waals surface area contributed by atoms with Crippen LogP contribution in [0.2, 0.25) is 0 Å². The second kappa shape index (κ2) is 10.8. The van der Waals surface area contributed by atoms with Crippen LogP contribution in [0.25, 0.3) is 0 Å². The molecule has 0 bridgehead atoms. The number of aliphatic carboxylic acids is 1. The Bertz CT molecular complexity index is 733. The molecule has 2 fully saturated rings. The standard InChI is InChI=1S/C13H13NO3.C12H23N/c1-8(2)12(15)14-10-6-4-3-5-9(10)7-11(14)13(16)17;1-3-7-11(8-4-1)13-12-9-5-2-6-10-12/h3-6,11H,1,7H2,2H3,(H,16,17);11-13H,1-10H2. The molecule has 1 aromatic carbocycles. The Morgan fingerprint density at radius 3 is 2.00 bits per heavy atom. The number of nitrogens with zero attached hydrogens (tertiary/aromatic N) is 1. The number of carboxylic acid groups (broad SMARTS) is 1. The first-order chi connectivity index (χ1) is 14.5. The number of carboxylic acids is 1. The molecule has 30 heavy (non-hydrogen) atoms. The Kier molecular flexibility index (Phi) is 8.08. The highest BCUT2D eigenvalue weighted by Gasteiger charge is 2.38.